The Morgan fingerprint density at radius 2 is 1.85 bits per heavy atom. The van der Waals surface area contributed by atoms with Gasteiger partial charge in [-0.25, -0.2) is 0 Å². The van der Waals surface area contributed by atoms with E-state index in [2.05, 4.69) is 25.8 Å². The molecular formula is C11H17NO. The van der Waals surface area contributed by atoms with Crippen LogP contribution in [0, 0.1) is 6.92 Å². The molecule has 0 saturated heterocycles. The van der Waals surface area contributed by atoms with Crippen LogP contribution in [0.2, 0.25) is 0 Å². The zero-order valence-corrected chi connectivity index (χ0v) is 9.01. The van der Waals surface area contributed by atoms with Gasteiger partial charge in [0.15, 0.2) is 0 Å². The van der Waals surface area contributed by atoms with Crippen molar-refractivity contribution in [2.75, 3.05) is 7.11 Å². The smallest absolute Gasteiger partial charge is 0.140 e. The predicted molar refractivity (Wildman–Crippen MR) is 54.2 cm³/mol. The van der Waals surface area contributed by atoms with E-state index in [1.54, 1.807) is 7.11 Å². The number of pyridine rings is 1. The number of aromatic nitrogens is 1. The highest BCUT2D eigenvalue weighted by Gasteiger charge is 2.20. The number of hydrogen-bond donors (Lipinski definition) is 0. The fourth-order valence-corrected chi connectivity index (χ4v) is 1.25. The van der Waals surface area contributed by atoms with Gasteiger partial charge in [0.2, 0.25) is 0 Å². The summed E-state index contributed by atoms with van der Waals surface area (Å²) in [7, 11) is 1.68. The monoisotopic (exact) mass is 179 g/mol. The van der Waals surface area contributed by atoms with Gasteiger partial charge in [0.25, 0.3) is 0 Å². The quantitative estimate of drug-likeness (QED) is 0.661. The summed E-state index contributed by atoms with van der Waals surface area (Å²) < 4.78 is 5.26. The normalized spacial score (nSPS) is 11.5. The fraction of sp³-hybridized carbons (Fsp3) is 0.545. The number of rotatable bonds is 1. The molecule has 0 N–H and O–H groups in total. The first kappa shape index (κ1) is 10.0. The molecule has 0 amide bonds. The molecule has 72 valence electrons. The molecule has 0 aliphatic carbocycles. The first-order valence-corrected chi connectivity index (χ1v) is 4.47. The maximum absolute atomic E-state index is 5.26. The van der Waals surface area contributed by atoms with Crippen molar-refractivity contribution in [3.63, 3.8) is 0 Å². The lowest BCUT2D eigenvalue weighted by atomic mass is 9.91. The van der Waals surface area contributed by atoms with Gasteiger partial charge in [-0.2, -0.15) is 0 Å². The highest BCUT2D eigenvalue weighted by atomic mass is 16.5. The third-order valence-corrected chi connectivity index (χ3v) is 1.93. The van der Waals surface area contributed by atoms with Crippen molar-refractivity contribution in [3.05, 3.63) is 23.5 Å². The molecular weight excluding hydrogens is 162 g/mol. The summed E-state index contributed by atoms with van der Waals surface area (Å²) in [6, 6.07) is 3.94. The lowest BCUT2D eigenvalue weighted by Gasteiger charge is -2.20. The van der Waals surface area contributed by atoms with Crippen molar-refractivity contribution in [1.29, 1.82) is 0 Å². The Bertz CT molecular complexity index is 299. The standard InChI is InChI=1S/C11H17NO/c1-8-6-7-9(13-5)10(12-8)11(2,3)4/h6-7H,1-5H3. The van der Waals surface area contributed by atoms with Crippen molar-refractivity contribution in [2.24, 2.45) is 0 Å². The molecule has 1 heterocycles. The summed E-state index contributed by atoms with van der Waals surface area (Å²) in [6.45, 7) is 8.40. The molecule has 2 heteroatoms. The average Bonchev–Trinajstić information content (AvgIpc) is 2.03. The van der Waals surface area contributed by atoms with Crippen LogP contribution in [0.25, 0.3) is 0 Å². The number of methoxy groups -OCH3 is 1. The summed E-state index contributed by atoms with van der Waals surface area (Å²) in [6.07, 6.45) is 0. The van der Waals surface area contributed by atoms with Crippen molar-refractivity contribution >= 4 is 0 Å². The molecule has 0 aromatic carbocycles. The van der Waals surface area contributed by atoms with E-state index >= 15 is 0 Å². The molecule has 0 atom stereocenters. The largest absolute Gasteiger partial charge is 0.495 e. The molecule has 1 aromatic rings. The SMILES string of the molecule is COc1ccc(C)nc1C(C)(C)C. The Balaban J connectivity index is 3.24. The number of aryl methyl sites for hydroxylation is 1. The zero-order chi connectivity index (χ0) is 10.1. The lowest BCUT2D eigenvalue weighted by molar-refractivity contribution is 0.391. The van der Waals surface area contributed by atoms with E-state index in [9.17, 15) is 0 Å². The first-order valence-electron chi connectivity index (χ1n) is 4.47. The van der Waals surface area contributed by atoms with E-state index in [1.807, 2.05) is 19.1 Å². The van der Waals surface area contributed by atoms with Gasteiger partial charge < -0.3 is 4.74 Å². The van der Waals surface area contributed by atoms with Gasteiger partial charge >= 0.3 is 0 Å². The minimum atomic E-state index is 0.0391. The van der Waals surface area contributed by atoms with Crippen LogP contribution in [0.3, 0.4) is 0 Å². The van der Waals surface area contributed by atoms with Crippen LogP contribution in [-0.2, 0) is 5.41 Å². The Morgan fingerprint density at radius 3 is 2.31 bits per heavy atom. The fourth-order valence-electron chi connectivity index (χ4n) is 1.25. The molecule has 0 radical (unpaired) electrons. The van der Waals surface area contributed by atoms with E-state index in [0.717, 1.165) is 17.1 Å². The average molecular weight is 179 g/mol. The number of nitrogens with zero attached hydrogens (tertiary/aromatic N) is 1. The molecule has 0 unspecified atom stereocenters. The molecule has 0 bridgehead atoms. The predicted octanol–water partition coefficient (Wildman–Crippen LogP) is 2.70. The van der Waals surface area contributed by atoms with Crippen molar-refractivity contribution < 1.29 is 4.74 Å². The topological polar surface area (TPSA) is 22.1 Å². The molecule has 1 aromatic heterocycles. The van der Waals surface area contributed by atoms with Crippen LogP contribution in [-0.4, -0.2) is 12.1 Å². The molecule has 1 rings (SSSR count). The van der Waals surface area contributed by atoms with Crippen LogP contribution >= 0.6 is 0 Å². The maximum Gasteiger partial charge on any atom is 0.140 e. The van der Waals surface area contributed by atoms with E-state index in [0.29, 0.717) is 0 Å². The summed E-state index contributed by atoms with van der Waals surface area (Å²) in [5, 5.41) is 0. The number of ether oxygens (including phenoxy) is 1. The molecule has 2 nitrogen and oxygen atoms in total. The second kappa shape index (κ2) is 3.36. The Hall–Kier alpha value is -1.05. The van der Waals surface area contributed by atoms with Gasteiger partial charge in [0, 0.05) is 11.1 Å². The van der Waals surface area contributed by atoms with Crippen molar-refractivity contribution in [1.82, 2.24) is 4.98 Å². The van der Waals surface area contributed by atoms with E-state index in [1.165, 1.54) is 0 Å². The highest BCUT2D eigenvalue weighted by molar-refractivity contribution is 5.33. The van der Waals surface area contributed by atoms with Crippen LogP contribution in [0.15, 0.2) is 12.1 Å². The minimum Gasteiger partial charge on any atom is -0.495 e. The second-order valence-electron chi connectivity index (χ2n) is 4.25. The summed E-state index contributed by atoms with van der Waals surface area (Å²) in [4.78, 5) is 4.49. The van der Waals surface area contributed by atoms with Gasteiger partial charge in [0.1, 0.15) is 5.75 Å². The van der Waals surface area contributed by atoms with Gasteiger partial charge in [-0.3, -0.25) is 4.98 Å². The molecule has 0 aliphatic rings. The van der Waals surface area contributed by atoms with Crippen molar-refractivity contribution in [3.8, 4) is 5.75 Å². The second-order valence-corrected chi connectivity index (χ2v) is 4.25. The van der Waals surface area contributed by atoms with Crippen LogP contribution < -0.4 is 4.74 Å². The van der Waals surface area contributed by atoms with E-state index in [4.69, 9.17) is 4.74 Å². The van der Waals surface area contributed by atoms with Crippen molar-refractivity contribution in [2.45, 2.75) is 33.1 Å². The molecule has 13 heavy (non-hydrogen) atoms. The van der Waals surface area contributed by atoms with Gasteiger partial charge in [-0.1, -0.05) is 20.8 Å². The third-order valence-electron chi connectivity index (χ3n) is 1.93. The molecule has 0 fully saturated rings. The Morgan fingerprint density at radius 1 is 1.23 bits per heavy atom. The molecule has 0 saturated carbocycles. The summed E-state index contributed by atoms with van der Waals surface area (Å²) in [5.74, 6) is 0.873. The van der Waals surface area contributed by atoms with Crippen LogP contribution in [0.5, 0.6) is 5.75 Å². The number of hydrogen-bond acceptors (Lipinski definition) is 2. The third kappa shape index (κ3) is 2.20. The maximum atomic E-state index is 5.26. The minimum absolute atomic E-state index is 0.0391. The highest BCUT2D eigenvalue weighted by Crippen LogP contribution is 2.29. The Labute approximate surface area is 80.0 Å². The molecule has 0 aliphatic heterocycles. The van der Waals surface area contributed by atoms with Gasteiger partial charge in [-0.15, -0.1) is 0 Å². The molecule has 0 spiro atoms. The van der Waals surface area contributed by atoms with Crippen LogP contribution in [0.4, 0.5) is 0 Å². The first-order chi connectivity index (χ1) is 5.95. The van der Waals surface area contributed by atoms with Crippen LogP contribution in [0.1, 0.15) is 32.2 Å². The van der Waals surface area contributed by atoms with E-state index in [-0.39, 0.29) is 5.41 Å². The van der Waals surface area contributed by atoms with Gasteiger partial charge in [-0.05, 0) is 19.1 Å². The zero-order valence-electron chi connectivity index (χ0n) is 9.01. The summed E-state index contributed by atoms with van der Waals surface area (Å²) >= 11 is 0. The Kier molecular flexibility index (Phi) is 2.60. The van der Waals surface area contributed by atoms with E-state index < -0.39 is 0 Å². The van der Waals surface area contributed by atoms with Gasteiger partial charge in [0.05, 0.1) is 12.8 Å². The summed E-state index contributed by atoms with van der Waals surface area (Å²) in [5.41, 5.74) is 2.10. The lowest BCUT2D eigenvalue weighted by Crippen LogP contribution is -2.15.